The molecule has 3 N–H and O–H groups in total. The van der Waals surface area contributed by atoms with Crippen LogP contribution in [0.2, 0.25) is 4.34 Å². The Kier molecular flexibility index (Phi) is 4.29. The van der Waals surface area contributed by atoms with Crippen molar-refractivity contribution < 1.29 is 9.90 Å². The third kappa shape index (κ3) is 3.37. The average Bonchev–Trinajstić information content (AvgIpc) is 2.92. The maximum atomic E-state index is 11.9. The van der Waals surface area contributed by atoms with Crippen LogP contribution in [-0.2, 0) is 0 Å². The first kappa shape index (κ1) is 14.1. The monoisotopic (exact) mass is 298 g/mol. The molecule has 0 aliphatic heterocycles. The largest absolute Gasteiger partial charge is 0.386 e. The lowest BCUT2D eigenvalue weighted by atomic mass is 10.2. The van der Waals surface area contributed by atoms with Gasteiger partial charge in [0.2, 0.25) is 0 Å². The molecule has 2 aromatic heterocycles. The number of thiophene rings is 1. The van der Waals surface area contributed by atoms with E-state index in [-0.39, 0.29) is 12.5 Å². The molecular formula is C13H15ClN2O2S. The number of hydrogen-bond acceptors (Lipinski definition) is 3. The number of aromatic nitrogens is 1. The number of hydrogen-bond donors (Lipinski definition) is 3. The molecule has 102 valence electrons. The minimum Gasteiger partial charge on any atom is -0.386 e. The van der Waals surface area contributed by atoms with Crippen LogP contribution < -0.4 is 5.32 Å². The zero-order chi connectivity index (χ0) is 14.0. The highest BCUT2D eigenvalue weighted by molar-refractivity contribution is 7.16. The molecule has 0 radical (unpaired) electrons. The van der Waals surface area contributed by atoms with Gasteiger partial charge in [-0.15, -0.1) is 11.3 Å². The summed E-state index contributed by atoms with van der Waals surface area (Å²) in [7, 11) is 0. The number of carbonyl (C=O) groups excluding carboxylic acids is 1. The van der Waals surface area contributed by atoms with Crippen LogP contribution in [0.3, 0.4) is 0 Å². The average molecular weight is 299 g/mol. The molecule has 0 saturated heterocycles. The Balaban J connectivity index is 1.95. The Morgan fingerprint density at radius 3 is 2.79 bits per heavy atom. The number of aliphatic hydroxyl groups is 1. The van der Waals surface area contributed by atoms with E-state index in [2.05, 4.69) is 10.3 Å². The van der Waals surface area contributed by atoms with Crippen LogP contribution in [0.25, 0.3) is 0 Å². The topological polar surface area (TPSA) is 65.1 Å². The van der Waals surface area contributed by atoms with Crippen LogP contribution in [0, 0.1) is 13.8 Å². The van der Waals surface area contributed by atoms with Crippen molar-refractivity contribution in [1.29, 1.82) is 0 Å². The number of amides is 1. The Labute approximate surface area is 120 Å². The fraction of sp³-hybridized carbons (Fsp3) is 0.308. The van der Waals surface area contributed by atoms with E-state index in [9.17, 15) is 9.90 Å². The van der Waals surface area contributed by atoms with E-state index in [4.69, 9.17) is 11.6 Å². The van der Waals surface area contributed by atoms with Crippen LogP contribution in [0.15, 0.2) is 18.2 Å². The Bertz CT molecular complexity index is 591. The summed E-state index contributed by atoms with van der Waals surface area (Å²) in [5, 5.41) is 12.6. The second-order valence-electron chi connectivity index (χ2n) is 4.38. The molecule has 0 bridgehead atoms. The summed E-state index contributed by atoms with van der Waals surface area (Å²) in [6.07, 6.45) is -0.738. The number of rotatable bonds is 4. The lowest BCUT2D eigenvalue weighted by molar-refractivity contribution is 0.0913. The molecule has 2 heterocycles. The molecule has 0 aromatic carbocycles. The Morgan fingerprint density at radius 1 is 1.53 bits per heavy atom. The van der Waals surface area contributed by atoms with Gasteiger partial charge in [-0.1, -0.05) is 11.6 Å². The molecule has 0 aliphatic carbocycles. The van der Waals surface area contributed by atoms with Crippen molar-refractivity contribution >= 4 is 28.8 Å². The maximum Gasteiger partial charge on any atom is 0.268 e. The van der Waals surface area contributed by atoms with Crippen molar-refractivity contribution in [3.8, 4) is 0 Å². The molecule has 0 spiro atoms. The van der Waals surface area contributed by atoms with Crippen LogP contribution in [0.5, 0.6) is 0 Å². The van der Waals surface area contributed by atoms with Gasteiger partial charge in [-0.3, -0.25) is 4.79 Å². The SMILES string of the molecule is Cc1cc(C)c(C(=O)NCC(O)c2ccc(Cl)s2)[nH]1. The Hall–Kier alpha value is -1.30. The minimum absolute atomic E-state index is 0.160. The van der Waals surface area contributed by atoms with Crippen molar-refractivity contribution in [2.75, 3.05) is 6.54 Å². The lowest BCUT2D eigenvalue weighted by Crippen LogP contribution is -2.28. The second kappa shape index (κ2) is 5.77. The van der Waals surface area contributed by atoms with Gasteiger partial charge in [0.05, 0.1) is 4.34 Å². The molecule has 1 amide bonds. The maximum absolute atomic E-state index is 11.9. The van der Waals surface area contributed by atoms with Gasteiger partial charge in [-0.25, -0.2) is 0 Å². The first-order chi connectivity index (χ1) is 8.97. The standard InChI is InChI=1S/C13H15ClN2O2S/c1-7-5-8(2)16-12(7)13(18)15-6-9(17)10-3-4-11(14)19-10/h3-5,9,16-17H,6H2,1-2H3,(H,15,18). The predicted molar refractivity (Wildman–Crippen MR) is 76.9 cm³/mol. The van der Waals surface area contributed by atoms with Gasteiger partial charge < -0.3 is 15.4 Å². The summed E-state index contributed by atoms with van der Waals surface area (Å²) in [5.74, 6) is -0.215. The van der Waals surface area contributed by atoms with Crippen LogP contribution in [0.4, 0.5) is 0 Å². The van der Waals surface area contributed by atoms with E-state index in [0.29, 0.717) is 10.0 Å². The number of halogens is 1. The van der Waals surface area contributed by atoms with Crippen LogP contribution >= 0.6 is 22.9 Å². The zero-order valence-electron chi connectivity index (χ0n) is 10.7. The molecule has 2 aromatic rings. The fourth-order valence-corrected chi connectivity index (χ4v) is 2.90. The van der Waals surface area contributed by atoms with Gasteiger partial charge in [0, 0.05) is 17.1 Å². The van der Waals surface area contributed by atoms with Gasteiger partial charge >= 0.3 is 0 Å². The number of aromatic amines is 1. The molecule has 1 unspecified atom stereocenters. The highest BCUT2D eigenvalue weighted by Gasteiger charge is 2.15. The number of aliphatic hydroxyl groups excluding tert-OH is 1. The molecule has 4 nitrogen and oxygen atoms in total. The fourth-order valence-electron chi connectivity index (χ4n) is 1.85. The van der Waals surface area contributed by atoms with Crippen molar-refractivity contribution in [3.05, 3.63) is 44.4 Å². The van der Waals surface area contributed by atoms with E-state index in [1.165, 1.54) is 11.3 Å². The van der Waals surface area contributed by atoms with Gasteiger partial charge in [0.25, 0.3) is 5.91 Å². The van der Waals surface area contributed by atoms with Crippen molar-refractivity contribution in [1.82, 2.24) is 10.3 Å². The van der Waals surface area contributed by atoms with E-state index in [1.807, 2.05) is 19.9 Å². The normalized spacial score (nSPS) is 12.4. The van der Waals surface area contributed by atoms with Gasteiger partial charge in [-0.2, -0.15) is 0 Å². The molecule has 0 saturated carbocycles. The summed E-state index contributed by atoms with van der Waals surface area (Å²) in [4.78, 5) is 15.7. The van der Waals surface area contributed by atoms with Crippen LogP contribution in [0.1, 0.15) is 32.7 Å². The number of nitrogens with one attached hydrogen (secondary N) is 2. The van der Waals surface area contributed by atoms with Crippen LogP contribution in [-0.4, -0.2) is 22.5 Å². The first-order valence-electron chi connectivity index (χ1n) is 5.85. The zero-order valence-corrected chi connectivity index (χ0v) is 12.2. The first-order valence-corrected chi connectivity index (χ1v) is 7.04. The number of aryl methyl sites for hydroxylation is 2. The molecule has 2 rings (SSSR count). The van der Waals surface area contributed by atoms with Crippen molar-refractivity contribution in [2.45, 2.75) is 20.0 Å². The third-order valence-electron chi connectivity index (χ3n) is 2.75. The van der Waals surface area contributed by atoms with Crippen molar-refractivity contribution in [3.63, 3.8) is 0 Å². The third-order valence-corrected chi connectivity index (χ3v) is 4.09. The smallest absolute Gasteiger partial charge is 0.268 e. The summed E-state index contributed by atoms with van der Waals surface area (Å²) < 4.78 is 0.621. The van der Waals surface area contributed by atoms with Gasteiger partial charge in [0.1, 0.15) is 11.8 Å². The molecule has 6 heteroatoms. The van der Waals surface area contributed by atoms with E-state index in [0.717, 1.165) is 16.1 Å². The lowest BCUT2D eigenvalue weighted by Gasteiger charge is -2.10. The molecule has 19 heavy (non-hydrogen) atoms. The molecule has 1 atom stereocenters. The highest BCUT2D eigenvalue weighted by atomic mass is 35.5. The quantitative estimate of drug-likeness (QED) is 0.812. The predicted octanol–water partition coefficient (Wildman–Crippen LogP) is 2.81. The van der Waals surface area contributed by atoms with Gasteiger partial charge in [-0.05, 0) is 37.6 Å². The van der Waals surface area contributed by atoms with Gasteiger partial charge in [0.15, 0.2) is 0 Å². The van der Waals surface area contributed by atoms with Crippen molar-refractivity contribution in [2.24, 2.45) is 0 Å². The van der Waals surface area contributed by atoms with E-state index in [1.54, 1.807) is 12.1 Å². The number of H-pyrrole nitrogens is 1. The minimum atomic E-state index is -0.738. The molecule has 0 fully saturated rings. The summed E-state index contributed by atoms with van der Waals surface area (Å²) >= 11 is 7.11. The van der Waals surface area contributed by atoms with E-state index < -0.39 is 6.10 Å². The summed E-state index contributed by atoms with van der Waals surface area (Å²) in [5.41, 5.74) is 2.37. The highest BCUT2D eigenvalue weighted by Crippen LogP contribution is 2.26. The second-order valence-corrected chi connectivity index (χ2v) is 6.12. The Morgan fingerprint density at radius 2 is 2.26 bits per heavy atom. The molecule has 0 aliphatic rings. The number of carbonyl (C=O) groups is 1. The van der Waals surface area contributed by atoms with E-state index >= 15 is 0 Å². The molecular weight excluding hydrogens is 284 g/mol. The summed E-state index contributed by atoms with van der Waals surface area (Å²) in [6.45, 7) is 3.92. The summed E-state index contributed by atoms with van der Waals surface area (Å²) in [6, 6.07) is 5.39.